The molecule has 21 heavy (non-hydrogen) atoms. The van der Waals surface area contributed by atoms with Gasteiger partial charge < -0.3 is 9.84 Å². The number of aliphatic hydroxyl groups is 1. The number of nitrogens with zero attached hydrogens (tertiary/aromatic N) is 1. The summed E-state index contributed by atoms with van der Waals surface area (Å²) in [5.74, 6) is -1.81. The first-order valence-corrected chi connectivity index (χ1v) is 7.07. The number of carbonyl (C=O) groups is 2. The third-order valence-electron chi connectivity index (χ3n) is 4.49. The number of carbonyl (C=O) groups excluding carboxylic acids is 2. The van der Waals surface area contributed by atoms with Gasteiger partial charge >= 0.3 is 0 Å². The molecule has 6 heteroatoms. The second-order valence-electron chi connectivity index (χ2n) is 5.55. The SMILES string of the molecule is O=C1[C@@H]2[C@@H]3C=C[C@@](CO)(O3)[C@@H]2C(=O)N1c1ccc(Cl)cc1. The summed E-state index contributed by atoms with van der Waals surface area (Å²) in [5, 5.41) is 10.1. The highest BCUT2D eigenvalue weighted by molar-refractivity contribution is 6.31. The highest BCUT2D eigenvalue weighted by atomic mass is 35.5. The molecule has 1 aromatic carbocycles. The Hall–Kier alpha value is -1.69. The van der Waals surface area contributed by atoms with Crippen molar-refractivity contribution in [1.82, 2.24) is 0 Å². The first kappa shape index (κ1) is 13.0. The Bertz CT molecular complexity index is 671. The molecule has 0 aliphatic carbocycles. The highest BCUT2D eigenvalue weighted by Crippen LogP contribution is 2.52. The topological polar surface area (TPSA) is 66.8 Å². The number of amides is 2. The second-order valence-corrected chi connectivity index (χ2v) is 5.98. The predicted molar refractivity (Wildman–Crippen MR) is 74.8 cm³/mol. The summed E-state index contributed by atoms with van der Waals surface area (Å²) in [6.07, 6.45) is 3.03. The molecule has 2 saturated heterocycles. The lowest BCUT2D eigenvalue weighted by molar-refractivity contribution is -0.128. The average molecular weight is 306 g/mol. The number of benzene rings is 1. The molecule has 4 rings (SSSR count). The van der Waals surface area contributed by atoms with E-state index in [1.165, 1.54) is 4.90 Å². The van der Waals surface area contributed by atoms with Crippen LogP contribution in [0.15, 0.2) is 36.4 Å². The van der Waals surface area contributed by atoms with Crippen LogP contribution in [0.2, 0.25) is 5.02 Å². The molecule has 5 nitrogen and oxygen atoms in total. The lowest BCUT2D eigenvalue weighted by Gasteiger charge is -2.26. The van der Waals surface area contributed by atoms with Gasteiger partial charge in [0.25, 0.3) is 0 Å². The summed E-state index contributed by atoms with van der Waals surface area (Å²) in [6.45, 7) is -0.311. The zero-order chi connectivity index (χ0) is 14.8. The van der Waals surface area contributed by atoms with Crippen molar-refractivity contribution >= 4 is 29.1 Å². The summed E-state index contributed by atoms with van der Waals surface area (Å²) >= 11 is 5.84. The maximum absolute atomic E-state index is 12.7. The average Bonchev–Trinajstić information content (AvgIpc) is 3.12. The fourth-order valence-electron chi connectivity index (χ4n) is 3.53. The lowest BCUT2D eigenvalue weighted by Crippen LogP contribution is -2.43. The number of hydrogen-bond acceptors (Lipinski definition) is 4. The molecule has 108 valence electrons. The number of anilines is 1. The maximum Gasteiger partial charge on any atom is 0.241 e. The van der Waals surface area contributed by atoms with Crippen molar-refractivity contribution in [1.29, 1.82) is 0 Å². The van der Waals surface area contributed by atoms with Crippen molar-refractivity contribution in [2.45, 2.75) is 11.7 Å². The Balaban J connectivity index is 1.77. The van der Waals surface area contributed by atoms with E-state index < -0.39 is 23.5 Å². The van der Waals surface area contributed by atoms with E-state index in [4.69, 9.17) is 16.3 Å². The molecular weight excluding hydrogens is 294 g/mol. The van der Waals surface area contributed by atoms with Gasteiger partial charge in [-0.15, -0.1) is 0 Å². The van der Waals surface area contributed by atoms with Crippen molar-refractivity contribution < 1.29 is 19.4 Å². The highest BCUT2D eigenvalue weighted by Gasteiger charge is 2.67. The first-order chi connectivity index (χ1) is 10.1. The summed E-state index contributed by atoms with van der Waals surface area (Å²) in [6, 6.07) is 6.55. The minimum atomic E-state index is -1.05. The van der Waals surface area contributed by atoms with Crippen LogP contribution < -0.4 is 4.90 Å². The molecule has 2 amide bonds. The molecule has 1 aromatic rings. The van der Waals surface area contributed by atoms with Gasteiger partial charge in [-0.1, -0.05) is 23.8 Å². The molecule has 2 bridgehead atoms. The van der Waals surface area contributed by atoms with E-state index in [2.05, 4.69) is 0 Å². The first-order valence-electron chi connectivity index (χ1n) is 6.69. The van der Waals surface area contributed by atoms with E-state index in [1.807, 2.05) is 0 Å². The Kier molecular flexibility index (Phi) is 2.58. The normalized spacial score (nSPS) is 36.7. The number of imide groups is 1. The number of rotatable bonds is 2. The zero-order valence-corrected chi connectivity index (χ0v) is 11.7. The van der Waals surface area contributed by atoms with Gasteiger partial charge in [-0.25, -0.2) is 4.90 Å². The summed E-state index contributed by atoms with van der Waals surface area (Å²) in [7, 11) is 0. The van der Waals surface area contributed by atoms with Crippen LogP contribution in [0, 0.1) is 11.8 Å². The van der Waals surface area contributed by atoms with Gasteiger partial charge in [0.1, 0.15) is 5.60 Å². The van der Waals surface area contributed by atoms with Crippen molar-refractivity contribution in [3.63, 3.8) is 0 Å². The molecule has 3 aliphatic heterocycles. The quantitative estimate of drug-likeness (QED) is 0.657. The molecule has 3 heterocycles. The van der Waals surface area contributed by atoms with E-state index in [0.717, 1.165) is 0 Å². The van der Waals surface area contributed by atoms with Gasteiger partial charge in [0, 0.05) is 5.02 Å². The molecule has 0 spiro atoms. The van der Waals surface area contributed by atoms with Gasteiger partial charge in [0.2, 0.25) is 11.8 Å². The third kappa shape index (κ3) is 1.54. The number of ether oxygens (including phenoxy) is 1. The van der Waals surface area contributed by atoms with Crippen LogP contribution in [-0.4, -0.2) is 35.2 Å². The molecule has 0 unspecified atom stereocenters. The second kappa shape index (κ2) is 4.16. The van der Waals surface area contributed by atoms with Gasteiger partial charge in [0.05, 0.1) is 30.2 Å². The van der Waals surface area contributed by atoms with E-state index in [1.54, 1.807) is 36.4 Å². The van der Waals surface area contributed by atoms with E-state index in [0.29, 0.717) is 10.7 Å². The monoisotopic (exact) mass is 305 g/mol. The number of hydrogen-bond donors (Lipinski definition) is 1. The fourth-order valence-corrected chi connectivity index (χ4v) is 3.65. The van der Waals surface area contributed by atoms with Crippen molar-refractivity contribution in [3.8, 4) is 0 Å². The van der Waals surface area contributed by atoms with Gasteiger partial charge in [-0.2, -0.15) is 0 Å². The smallest absolute Gasteiger partial charge is 0.241 e. The molecule has 1 N–H and O–H groups in total. The maximum atomic E-state index is 12.7. The van der Waals surface area contributed by atoms with E-state index in [-0.39, 0.29) is 18.4 Å². The predicted octanol–water partition coefficient (Wildman–Crippen LogP) is 1.15. The van der Waals surface area contributed by atoms with Crippen LogP contribution in [0.25, 0.3) is 0 Å². The lowest BCUT2D eigenvalue weighted by atomic mass is 9.77. The fraction of sp³-hybridized carbons (Fsp3) is 0.333. The van der Waals surface area contributed by atoms with Crippen LogP contribution in [0.5, 0.6) is 0 Å². The van der Waals surface area contributed by atoms with Crippen LogP contribution in [0.1, 0.15) is 0 Å². The summed E-state index contributed by atoms with van der Waals surface area (Å²) in [4.78, 5) is 26.5. The van der Waals surface area contributed by atoms with Crippen molar-refractivity contribution in [2.24, 2.45) is 11.8 Å². The number of halogens is 1. The van der Waals surface area contributed by atoms with Gasteiger partial charge in [0.15, 0.2) is 0 Å². The van der Waals surface area contributed by atoms with E-state index >= 15 is 0 Å². The van der Waals surface area contributed by atoms with Crippen LogP contribution in [-0.2, 0) is 14.3 Å². The van der Waals surface area contributed by atoms with Crippen molar-refractivity contribution in [3.05, 3.63) is 41.4 Å². The standard InChI is InChI=1S/C15H12ClNO4/c16-8-1-3-9(4-2-8)17-13(19)11-10-5-6-15(7-18,21-10)12(11)14(17)20/h1-6,10-12,18H,7H2/t10-,11+,12-,15-/m0/s1. The Morgan fingerprint density at radius 3 is 2.62 bits per heavy atom. The van der Waals surface area contributed by atoms with Gasteiger partial charge in [-0.05, 0) is 24.3 Å². The minimum absolute atomic E-state index is 0.281. The summed E-state index contributed by atoms with van der Waals surface area (Å²) < 4.78 is 5.67. The Morgan fingerprint density at radius 2 is 1.95 bits per heavy atom. The zero-order valence-electron chi connectivity index (χ0n) is 10.9. The van der Waals surface area contributed by atoms with E-state index in [9.17, 15) is 14.7 Å². The molecular formula is C15H12ClNO4. The molecule has 0 saturated carbocycles. The largest absolute Gasteiger partial charge is 0.393 e. The number of fused-ring (bicyclic) bond motifs is 5. The third-order valence-corrected chi connectivity index (χ3v) is 4.74. The molecule has 3 aliphatic rings. The van der Waals surface area contributed by atoms with Crippen molar-refractivity contribution in [2.75, 3.05) is 11.5 Å². The number of aliphatic hydroxyl groups excluding tert-OH is 1. The minimum Gasteiger partial charge on any atom is -0.393 e. The van der Waals surface area contributed by atoms with Crippen LogP contribution in [0.3, 0.4) is 0 Å². The van der Waals surface area contributed by atoms with Crippen LogP contribution >= 0.6 is 11.6 Å². The van der Waals surface area contributed by atoms with Gasteiger partial charge in [-0.3, -0.25) is 9.59 Å². The Labute approximate surface area is 125 Å². The molecule has 0 radical (unpaired) electrons. The van der Waals surface area contributed by atoms with Crippen LogP contribution in [0.4, 0.5) is 5.69 Å². The Morgan fingerprint density at radius 1 is 1.24 bits per heavy atom. The molecule has 0 aromatic heterocycles. The molecule has 2 fully saturated rings. The molecule has 4 atom stereocenters. The summed E-state index contributed by atoms with van der Waals surface area (Å²) in [5.41, 5.74) is -0.556.